The number of hydrogen-bond acceptors (Lipinski definition) is 7. The van der Waals surface area contributed by atoms with E-state index in [0.29, 0.717) is 62.0 Å². The number of rotatable bonds is 10. The summed E-state index contributed by atoms with van der Waals surface area (Å²) >= 11 is 6.09. The lowest BCUT2D eigenvalue weighted by Gasteiger charge is -2.36. The molecule has 3 rings (SSSR count). The molecule has 0 saturated carbocycles. The van der Waals surface area contributed by atoms with Gasteiger partial charge in [0.1, 0.15) is 5.69 Å². The van der Waals surface area contributed by atoms with Gasteiger partial charge in [-0.2, -0.15) is 14.1 Å². The van der Waals surface area contributed by atoms with Crippen LogP contribution in [0.5, 0.6) is 5.75 Å². The van der Waals surface area contributed by atoms with Crippen molar-refractivity contribution < 1.29 is 18.3 Å². The molecule has 0 aliphatic carbocycles. The molecule has 182 valence electrons. The second kappa shape index (κ2) is 11.3. The predicted octanol–water partition coefficient (Wildman–Crippen LogP) is 2.29. The molecule has 11 heteroatoms. The summed E-state index contributed by atoms with van der Waals surface area (Å²) in [5, 5.41) is 13.3. The van der Waals surface area contributed by atoms with Crippen LogP contribution in [-0.2, 0) is 10.0 Å². The van der Waals surface area contributed by atoms with E-state index in [1.807, 2.05) is 4.90 Å². The number of sulfonamides is 1. The van der Waals surface area contributed by atoms with Gasteiger partial charge >= 0.3 is 5.56 Å². The van der Waals surface area contributed by atoms with Crippen molar-refractivity contribution in [3.63, 3.8) is 0 Å². The lowest BCUT2D eigenvalue weighted by Crippen LogP contribution is -2.50. The molecular weight excluding hydrogens is 468 g/mol. The first-order valence-corrected chi connectivity index (χ1v) is 13.0. The van der Waals surface area contributed by atoms with Gasteiger partial charge in [-0.1, -0.05) is 17.7 Å². The summed E-state index contributed by atoms with van der Waals surface area (Å²) in [6, 6.07) is 6.84. The minimum Gasteiger partial charge on any atom is -0.486 e. The van der Waals surface area contributed by atoms with E-state index < -0.39 is 20.8 Å². The zero-order valence-electron chi connectivity index (χ0n) is 19.0. The standard InChI is InChI=1S/C22H31ClN4O5S/c1-17(2)33(30,31)26-11-9-25(10-12-26)20-16-24-27(19-8-6-7-18(23)15-19)22(29)21(20)32-14-5-3-4-13-28/h6-8,15-17,28H,3-5,9-14H2,1-2H3. The molecule has 1 aromatic carbocycles. The van der Waals surface area contributed by atoms with Crippen LogP contribution in [0.4, 0.5) is 5.69 Å². The number of benzene rings is 1. The lowest BCUT2D eigenvalue weighted by atomic mass is 10.2. The molecule has 0 radical (unpaired) electrons. The zero-order chi connectivity index (χ0) is 24.0. The van der Waals surface area contributed by atoms with Crippen LogP contribution in [0.1, 0.15) is 33.1 Å². The van der Waals surface area contributed by atoms with E-state index in [1.54, 1.807) is 44.3 Å². The van der Waals surface area contributed by atoms with Gasteiger partial charge in [-0.15, -0.1) is 0 Å². The molecule has 2 aromatic rings. The number of nitrogens with zero attached hydrogens (tertiary/aromatic N) is 4. The van der Waals surface area contributed by atoms with Gasteiger partial charge in [0.2, 0.25) is 15.8 Å². The number of hydrogen-bond donors (Lipinski definition) is 1. The molecule has 1 N–H and O–H groups in total. The Morgan fingerprint density at radius 2 is 1.88 bits per heavy atom. The molecule has 1 fully saturated rings. The quantitative estimate of drug-likeness (QED) is 0.501. The van der Waals surface area contributed by atoms with Crippen molar-refractivity contribution in [1.82, 2.24) is 14.1 Å². The van der Waals surface area contributed by atoms with Crippen molar-refractivity contribution >= 4 is 27.3 Å². The van der Waals surface area contributed by atoms with Crippen molar-refractivity contribution in [3.8, 4) is 11.4 Å². The number of aliphatic hydroxyl groups is 1. The van der Waals surface area contributed by atoms with Crippen molar-refractivity contribution in [2.45, 2.75) is 38.4 Å². The van der Waals surface area contributed by atoms with Gasteiger partial charge < -0.3 is 14.7 Å². The average Bonchev–Trinajstić information content (AvgIpc) is 2.79. The Morgan fingerprint density at radius 3 is 2.52 bits per heavy atom. The molecule has 2 heterocycles. The number of unbranched alkanes of at least 4 members (excludes halogenated alkanes) is 2. The van der Waals surface area contributed by atoms with Gasteiger partial charge in [-0.3, -0.25) is 4.79 Å². The minimum atomic E-state index is -3.33. The number of aromatic nitrogens is 2. The molecule has 33 heavy (non-hydrogen) atoms. The second-order valence-electron chi connectivity index (χ2n) is 8.17. The van der Waals surface area contributed by atoms with Crippen molar-refractivity contribution in [3.05, 3.63) is 45.8 Å². The first kappa shape index (κ1) is 25.5. The molecule has 1 aromatic heterocycles. The lowest BCUT2D eigenvalue weighted by molar-refractivity contribution is 0.264. The van der Waals surface area contributed by atoms with Gasteiger partial charge in [0.25, 0.3) is 0 Å². The van der Waals surface area contributed by atoms with E-state index in [-0.39, 0.29) is 12.4 Å². The fraction of sp³-hybridized carbons (Fsp3) is 0.545. The van der Waals surface area contributed by atoms with Crippen LogP contribution in [0, 0.1) is 0 Å². The van der Waals surface area contributed by atoms with Crippen LogP contribution in [0.25, 0.3) is 5.69 Å². The third-order valence-corrected chi connectivity index (χ3v) is 8.06. The van der Waals surface area contributed by atoms with Crippen LogP contribution in [0.15, 0.2) is 35.3 Å². The molecule has 0 unspecified atom stereocenters. The average molecular weight is 499 g/mol. The Hall–Kier alpha value is -2.14. The zero-order valence-corrected chi connectivity index (χ0v) is 20.6. The molecule has 1 saturated heterocycles. The number of anilines is 1. The third kappa shape index (κ3) is 6.06. The molecular formula is C22H31ClN4O5S. The Morgan fingerprint density at radius 1 is 1.15 bits per heavy atom. The Labute approximate surface area is 199 Å². The first-order chi connectivity index (χ1) is 15.8. The summed E-state index contributed by atoms with van der Waals surface area (Å²) in [5.74, 6) is 0.175. The SMILES string of the molecule is CC(C)S(=O)(=O)N1CCN(c2cnn(-c3cccc(Cl)c3)c(=O)c2OCCCCCO)CC1. The molecule has 0 bridgehead atoms. The fourth-order valence-electron chi connectivity index (χ4n) is 3.63. The van der Waals surface area contributed by atoms with Crippen molar-refractivity contribution in [1.29, 1.82) is 0 Å². The predicted molar refractivity (Wildman–Crippen MR) is 129 cm³/mol. The van der Waals surface area contributed by atoms with E-state index in [0.717, 1.165) is 6.42 Å². The summed E-state index contributed by atoms with van der Waals surface area (Å²) in [6.45, 7) is 5.29. The van der Waals surface area contributed by atoms with Gasteiger partial charge in [0.15, 0.2) is 0 Å². The van der Waals surface area contributed by atoms with E-state index in [4.69, 9.17) is 21.4 Å². The van der Waals surface area contributed by atoms with E-state index in [1.165, 1.54) is 8.99 Å². The second-order valence-corrected chi connectivity index (χ2v) is 11.1. The summed E-state index contributed by atoms with van der Waals surface area (Å²) < 4.78 is 33.7. The topological polar surface area (TPSA) is 105 Å². The van der Waals surface area contributed by atoms with Crippen LogP contribution in [0.3, 0.4) is 0 Å². The maximum atomic E-state index is 13.3. The van der Waals surface area contributed by atoms with Crippen LogP contribution in [0.2, 0.25) is 5.02 Å². The fourth-order valence-corrected chi connectivity index (χ4v) is 5.08. The highest BCUT2D eigenvalue weighted by Gasteiger charge is 2.31. The van der Waals surface area contributed by atoms with Gasteiger partial charge in [-0.25, -0.2) is 8.42 Å². The maximum Gasteiger partial charge on any atom is 0.316 e. The highest BCUT2D eigenvalue weighted by molar-refractivity contribution is 7.89. The summed E-state index contributed by atoms with van der Waals surface area (Å²) in [7, 11) is -3.33. The number of halogens is 1. The largest absolute Gasteiger partial charge is 0.486 e. The molecule has 1 aliphatic rings. The number of ether oxygens (including phenoxy) is 1. The molecule has 1 aliphatic heterocycles. The van der Waals surface area contributed by atoms with Crippen LogP contribution >= 0.6 is 11.6 Å². The molecule has 0 spiro atoms. The molecule has 0 atom stereocenters. The van der Waals surface area contributed by atoms with Crippen molar-refractivity contribution in [2.24, 2.45) is 0 Å². The van der Waals surface area contributed by atoms with Gasteiger partial charge in [0, 0.05) is 37.8 Å². The van der Waals surface area contributed by atoms with E-state index in [9.17, 15) is 13.2 Å². The van der Waals surface area contributed by atoms with E-state index >= 15 is 0 Å². The smallest absolute Gasteiger partial charge is 0.316 e. The summed E-state index contributed by atoms with van der Waals surface area (Å²) in [6.07, 6.45) is 3.73. The summed E-state index contributed by atoms with van der Waals surface area (Å²) in [5.41, 5.74) is 0.660. The molecule has 9 nitrogen and oxygen atoms in total. The number of piperazine rings is 1. The van der Waals surface area contributed by atoms with Gasteiger partial charge in [-0.05, 0) is 51.3 Å². The normalized spacial score (nSPS) is 15.2. The van der Waals surface area contributed by atoms with E-state index in [2.05, 4.69) is 5.10 Å². The minimum absolute atomic E-state index is 0.117. The molecule has 0 amide bonds. The van der Waals surface area contributed by atoms with Crippen LogP contribution < -0.4 is 15.2 Å². The van der Waals surface area contributed by atoms with Gasteiger partial charge in [0.05, 0.1) is 23.7 Å². The first-order valence-electron chi connectivity index (χ1n) is 11.1. The Kier molecular flexibility index (Phi) is 8.75. The Balaban J connectivity index is 1.87. The van der Waals surface area contributed by atoms with Crippen LogP contribution in [-0.4, -0.2) is 72.3 Å². The monoisotopic (exact) mass is 498 g/mol. The maximum absolute atomic E-state index is 13.3. The Bertz CT molecular complexity index is 1100. The number of aliphatic hydroxyl groups excluding tert-OH is 1. The third-order valence-electron chi connectivity index (χ3n) is 5.55. The highest BCUT2D eigenvalue weighted by atomic mass is 35.5. The highest BCUT2D eigenvalue weighted by Crippen LogP contribution is 2.27. The summed E-state index contributed by atoms with van der Waals surface area (Å²) in [4.78, 5) is 15.3. The van der Waals surface area contributed by atoms with Crippen molar-refractivity contribution in [2.75, 3.05) is 44.3 Å².